The van der Waals surface area contributed by atoms with E-state index in [-0.39, 0.29) is 18.2 Å². The zero-order chi connectivity index (χ0) is 17.4. The molecular weight excluding hydrogens is 306 g/mol. The van der Waals surface area contributed by atoms with Crippen molar-refractivity contribution in [2.75, 3.05) is 5.32 Å². The van der Waals surface area contributed by atoms with Gasteiger partial charge in [-0.05, 0) is 44.9 Å². The summed E-state index contributed by atoms with van der Waals surface area (Å²) in [6.07, 6.45) is 0.0422. The van der Waals surface area contributed by atoms with Crippen molar-refractivity contribution in [1.29, 1.82) is 5.26 Å². The van der Waals surface area contributed by atoms with Crippen LogP contribution in [0.1, 0.15) is 33.7 Å². The number of benzene rings is 1. The van der Waals surface area contributed by atoms with E-state index in [0.717, 1.165) is 22.1 Å². The number of rotatable bonds is 3. The van der Waals surface area contributed by atoms with Gasteiger partial charge in [0.2, 0.25) is 11.8 Å². The molecule has 3 rings (SSSR count). The van der Waals surface area contributed by atoms with Gasteiger partial charge in [0, 0.05) is 10.9 Å². The number of nitrogens with zero attached hydrogens (tertiary/aromatic N) is 2. The number of nitrogens with one attached hydrogen (secondary N) is 1. The highest BCUT2D eigenvalue weighted by molar-refractivity contribution is 5.95. The highest BCUT2D eigenvalue weighted by Gasteiger charge is 2.19. The molecule has 24 heavy (non-hydrogen) atoms. The minimum absolute atomic E-state index is 0.0422. The molecule has 0 saturated carbocycles. The molecule has 1 N–H and O–H groups in total. The lowest BCUT2D eigenvalue weighted by Crippen LogP contribution is -2.15. The number of furan rings is 1. The second-order valence-electron chi connectivity index (χ2n) is 5.91. The standard InChI is InChI=1S/C18H17N3O3/c1-9-5-10(2)17-14(21-24-15(17)6-9)7-16(22)20-18-13(8-19)11(3)12(4)23-18/h5-6H,7H2,1-4H3,(H,20,22). The Labute approximate surface area is 139 Å². The second-order valence-corrected chi connectivity index (χ2v) is 5.91. The van der Waals surface area contributed by atoms with Gasteiger partial charge in [0.25, 0.3) is 0 Å². The van der Waals surface area contributed by atoms with E-state index in [1.807, 2.05) is 26.0 Å². The maximum atomic E-state index is 12.3. The summed E-state index contributed by atoms with van der Waals surface area (Å²) in [7, 11) is 0. The van der Waals surface area contributed by atoms with E-state index in [2.05, 4.69) is 16.5 Å². The molecule has 0 radical (unpaired) electrons. The van der Waals surface area contributed by atoms with Crippen molar-refractivity contribution in [2.24, 2.45) is 0 Å². The fourth-order valence-electron chi connectivity index (χ4n) is 2.81. The molecule has 0 aliphatic heterocycles. The molecule has 2 heterocycles. The fourth-order valence-corrected chi connectivity index (χ4v) is 2.81. The molecule has 0 spiro atoms. The van der Waals surface area contributed by atoms with Crippen LogP contribution in [0.15, 0.2) is 21.1 Å². The van der Waals surface area contributed by atoms with Crippen LogP contribution in [0.5, 0.6) is 0 Å². The number of aryl methyl sites for hydroxylation is 3. The van der Waals surface area contributed by atoms with Gasteiger partial charge in [-0.2, -0.15) is 5.26 Å². The van der Waals surface area contributed by atoms with E-state index >= 15 is 0 Å². The molecule has 1 amide bonds. The SMILES string of the molecule is Cc1cc(C)c2c(CC(=O)Nc3oc(C)c(C)c3C#N)noc2c1. The number of amides is 1. The van der Waals surface area contributed by atoms with Crippen molar-refractivity contribution >= 4 is 22.8 Å². The van der Waals surface area contributed by atoms with Gasteiger partial charge in [-0.25, -0.2) is 0 Å². The van der Waals surface area contributed by atoms with Gasteiger partial charge >= 0.3 is 0 Å². The van der Waals surface area contributed by atoms with Crippen molar-refractivity contribution in [2.45, 2.75) is 34.1 Å². The largest absolute Gasteiger partial charge is 0.444 e. The molecule has 0 saturated heterocycles. The molecule has 122 valence electrons. The first-order valence-corrected chi connectivity index (χ1v) is 7.56. The Bertz CT molecular complexity index is 989. The van der Waals surface area contributed by atoms with Gasteiger partial charge in [-0.15, -0.1) is 0 Å². The van der Waals surface area contributed by atoms with Crippen molar-refractivity contribution in [3.63, 3.8) is 0 Å². The van der Waals surface area contributed by atoms with Gasteiger partial charge < -0.3 is 8.94 Å². The summed E-state index contributed by atoms with van der Waals surface area (Å²) in [4.78, 5) is 12.3. The monoisotopic (exact) mass is 323 g/mol. The van der Waals surface area contributed by atoms with Crippen molar-refractivity contribution in [3.8, 4) is 6.07 Å². The van der Waals surface area contributed by atoms with Gasteiger partial charge in [-0.1, -0.05) is 11.2 Å². The molecular formula is C18H17N3O3. The number of nitriles is 1. The van der Waals surface area contributed by atoms with Gasteiger partial charge in [-0.3, -0.25) is 10.1 Å². The molecule has 6 heteroatoms. The summed E-state index contributed by atoms with van der Waals surface area (Å²) >= 11 is 0. The lowest BCUT2D eigenvalue weighted by atomic mass is 10.0. The van der Waals surface area contributed by atoms with Crippen LogP contribution in [0.3, 0.4) is 0 Å². The Hall–Kier alpha value is -3.07. The highest BCUT2D eigenvalue weighted by Crippen LogP contribution is 2.27. The van der Waals surface area contributed by atoms with Crippen LogP contribution in [-0.4, -0.2) is 11.1 Å². The van der Waals surface area contributed by atoms with Crippen molar-refractivity contribution in [3.05, 3.63) is 45.8 Å². The van der Waals surface area contributed by atoms with E-state index in [9.17, 15) is 10.1 Å². The number of carbonyl (C=O) groups excluding carboxylic acids is 1. The minimum Gasteiger partial charge on any atom is -0.444 e. The highest BCUT2D eigenvalue weighted by atomic mass is 16.5. The average molecular weight is 323 g/mol. The Morgan fingerprint density at radius 3 is 2.75 bits per heavy atom. The maximum Gasteiger partial charge on any atom is 0.232 e. The molecule has 6 nitrogen and oxygen atoms in total. The number of aromatic nitrogens is 1. The minimum atomic E-state index is -0.310. The summed E-state index contributed by atoms with van der Waals surface area (Å²) in [6, 6.07) is 5.97. The summed E-state index contributed by atoms with van der Waals surface area (Å²) in [6.45, 7) is 7.47. The molecule has 0 atom stereocenters. The van der Waals surface area contributed by atoms with Gasteiger partial charge in [0.15, 0.2) is 5.58 Å². The normalized spacial score (nSPS) is 10.8. The first kappa shape index (κ1) is 15.8. The third-order valence-corrected chi connectivity index (χ3v) is 4.06. The van der Waals surface area contributed by atoms with E-state index in [1.165, 1.54) is 0 Å². The van der Waals surface area contributed by atoms with Crippen LogP contribution in [0.2, 0.25) is 0 Å². The third kappa shape index (κ3) is 2.65. The van der Waals surface area contributed by atoms with E-state index in [1.54, 1.807) is 13.8 Å². The quantitative estimate of drug-likeness (QED) is 0.793. The Morgan fingerprint density at radius 1 is 1.29 bits per heavy atom. The number of hydrogen-bond donors (Lipinski definition) is 1. The maximum absolute atomic E-state index is 12.3. The van der Waals surface area contributed by atoms with E-state index < -0.39 is 0 Å². The number of carbonyl (C=O) groups is 1. The third-order valence-electron chi connectivity index (χ3n) is 4.06. The first-order valence-electron chi connectivity index (χ1n) is 7.56. The summed E-state index contributed by atoms with van der Waals surface area (Å²) in [5.74, 6) is 0.480. The fraction of sp³-hybridized carbons (Fsp3) is 0.278. The lowest BCUT2D eigenvalue weighted by molar-refractivity contribution is -0.115. The first-order chi connectivity index (χ1) is 11.4. The zero-order valence-electron chi connectivity index (χ0n) is 14.0. The predicted molar refractivity (Wildman–Crippen MR) is 88.7 cm³/mol. The molecule has 0 aliphatic rings. The number of fused-ring (bicyclic) bond motifs is 1. The molecule has 3 aromatic rings. The smallest absolute Gasteiger partial charge is 0.232 e. The van der Waals surface area contributed by atoms with Crippen LogP contribution < -0.4 is 5.32 Å². The van der Waals surface area contributed by atoms with Crippen molar-refractivity contribution < 1.29 is 13.7 Å². The second kappa shape index (κ2) is 5.85. The molecule has 0 bridgehead atoms. The number of hydrogen-bond acceptors (Lipinski definition) is 5. The van der Waals surface area contributed by atoms with Crippen LogP contribution >= 0.6 is 0 Å². The Morgan fingerprint density at radius 2 is 2.04 bits per heavy atom. The molecule has 0 fully saturated rings. The molecule has 0 unspecified atom stereocenters. The van der Waals surface area contributed by atoms with Crippen LogP contribution in [0.4, 0.5) is 5.88 Å². The summed E-state index contributed by atoms with van der Waals surface area (Å²) < 4.78 is 10.8. The zero-order valence-corrected chi connectivity index (χ0v) is 14.0. The van der Waals surface area contributed by atoms with E-state index in [0.29, 0.717) is 22.6 Å². The van der Waals surface area contributed by atoms with E-state index in [4.69, 9.17) is 8.94 Å². The Balaban J connectivity index is 1.86. The Kier molecular flexibility index (Phi) is 3.86. The van der Waals surface area contributed by atoms with Crippen LogP contribution in [0, 0.1) is 39.0 Å². The van der Waals surface area contributed by atoms with Crippen molar-refractivity contribution in [1.82, 2.24) is 5.16 Å². The molecule has 1 aromatic carbocycles. The topological polar surface area (TPSA) is 92.1 Å². The summed E-state index contributed by atoms with van der Waals surface area (Å²) in [5.41, 5.74) is 4.39. The van der Waals surface area contributed by atoms with Crippen LogP contribution in [-0.2, 0) is 11.2 Å². The molecule has 0 aliphatic carbocycles. The van der Waals surface area contributed by atoms with Gasteiger partial charge in [0.1, 0.15) is 23.1 Å². The predicted octanol–water partition coefficient (Wildman–Crippen LogP) is 3.71. The summed E-state index contributed by atoms with van der Waals surface area (Å²) in [5, 5.41) is 16.7. The average Bonchev–Trinajstić information content (AvgIpc) is 3.01. The van der Waals surface area contributed by atoms with Gasteiger partial charge in [0.05, 0.1) is 6.42 Å². The number of anilines is 1. The molecule has 2 aromatic heterocycles. The van der Waals surface area contributed by atoms with Crippen LogP contribution in [0.25, 0.3) is 11.0 Å². The lowest BCUT2D eigenvalue weighted by Gasteiger charge is -2.02.